The molecule has 1 N–H and O–H groups in total. The first-order chi connectivity index (χ1) is 13.3. The number of allylic oxidation sites excluding steroid dienone is 3. The van der Waals surface area contributed by atoms with Crippen LogP contribution in [0.5, 0.6) is 0 Å². The molecule has 1 aliphatic carbocycles. The van der Waals surface area contributed by atoms with E-state index in [1.54, 1.807) is 6.08 Å². The third-order valence-electron chi connectivity index (χ3n) is 7.33. The van der Waals surface area contributed by atoms with Crippen LogP contribution in [0.4, 0.5) is 4.39 Å². The molecule has 0 bridgehead atoms. The molecule has 4 unspecified atom stereocenters. The molecular weight excluding hydrogens is 347 g/mol. The molecule has 2 nitrogen and oxygen atoms in total. The maximum atomic E-state index is 16.3. The predicted octanol–water partition coefficient (Wildman–Crippen LogP) is 5.51. The van der Waals surface area contributed by atoms with E-state index in [1.807, 2.05) is 19.9 Å². The lowest BCUT2D eigenvalue weighted by atomic mass is 9.73. The standard InChI is InChI=1S/C25H35FN2/c1-7-10-22(20(5)12-14-21-13-11-19(21)4)17-27-25(26)23(18(3)8-2)28-16-9-15-24(25,28)6/h1,9-10,12,15,19,21,27H,8,11,13-14,16-17H2,2-6H3/b20-12-,22-10-,23-18+. The van der Waals surface area contributed by atoms with E-state index in [4.69, 9.17) is 6.42 Å². The molecule has 0 aromatic carbocycles. The fourth-order valence-electron chi connectivity index (χ4n) is 4.79. The van der Waals surface area contributed by atoms with Crippen LogP contribution < -0.4 is 5.32 Å². The van der Waals surface area contributed by atoms with Gasteiger partial charge in [0.25, 0.3) is 0 Å². The van der Waals surface area contributed by atoms with Gasteiger partial charge in [0, 0.05) is 13.1 Å². The Morgan fingerprint density at radius 1 is 1.43 bits per heavy atom. The lowest BCUT2D eigenvalue weighted by molar-refractivity contribution is -0.0903. The van der Waals surface area contributed by atoms with Crippen LogP contribution in [0.25, 0.3) is 0 Å². The van der Waals surface area contributed by atoms with Crippen LogP contribution in [0, 0.1) is 24.2 Å². The van der Waals surface area contributed by atoms with E-state index in [9.17, 15) is 0 Å². The van der Waals surface area contributed by atoms with Gasteiger partial charge in [0.2, 0.25) is 5.79 Å². The van der Waals surface area contributed by atoms with Gasteiger partial charge in [0.1, 0.15) is 5.54 Å². The van der Waals surface area contributed by atoms with Crippen molar-refractivity contribution < 1.29 is 4.39 Å². The quantitative estimate of drug-likeness (QED) is 0.270. The highest BCUT2D eigenvalue weighted by Crippen LogP contribution is 2.54. The topological polar surface area (TPSA) is 15.3 Å². The fourth-order valence-corrected chi connectivity index (χ4v) is 4.79. The molecule has 2 aliphatic heterocycles. The number of nitrogens with zero attached hydrogens (tertiary/aromatic N) is 1. The van der Waals surface area contributed by atoms with Gasteiger partial charge in [-0.15, -0.1) is 6.42 Å². The summed E-state index contributed by atoms with van der Waals surface area (Å²) in [5, 5.41) is 3.24. The van der Waals surface area contributed by atoms with E-state index < -0.39 is 11.3 Å². The molecule has 0 aromatic rings. The number of hydrogen-bond acceptors (Lipinski definition) is 2. The maximum absolute atomic E-state index is 16.3. The second-order valence-corrected chi connectivity index (χ2v) is 8.93. The lowest BCUT2D eigenvalue weighted by Crippen LogP contribution is -2.76. The Labute approximate surface area is 170 Å². The van der Waals surface area contributed by atoms with Crippen molar-refractivity contribution in [2.75, 3.05) is 13.1 Å². The molecule has 1 saturated carbocycles. The number of rotatable bonds is 7. The average molecular weight is 383 g/mol. The highest BCUT2D eigenvalue weighted by Gasteiger charge is 2.67. The monoisotopic (exact) mass is 382 g/mol. The SMILES string of the molecule is C#C/C=C(CNC1(F)/C(=C(/C)CC)N2CC=CC21C)\C(C)=C/CC1CCC1C. The average Bonchev–Trinajstić information content (AvgIpc) is 3.02. The van der Waals surface area contributed by atoms with Crippen molar-refractivity contribution in [3.63, 3.8) is 0 Å². The van der Waals surface area contributed by atoms with Gasteiger partial charge in [-0.1, -0.05) is 44.4 Å². The van der Waals surface area contributed by atoms with Gasteiger partial charge in [-0.05, 0) is 74.7 Å². The Hall–Kier alpha value is -1.79. The Bertz CT molecular complexity index is 781. The highest BCUT2D eigenvalue weighted by atomic mass is 19.1. The minimum atomic E-state index is -1.56. The third-order valence-corrected chi connectivity index (χ3v) is 7.33. The normalized spacial score (nSPS) is 36.5. The molecule has 28 heavy (non-hydrogen) atoms. The van der Waals surface area contributed by atoms with E-state index in [0.29, 0.717) is 6.54 Å². The number of fused-ring (bicyclic) bond motifs is 1. The molecule has 3 heteroatoms. The molecule has 0 radical (unpaired) electrons. The largest absolute Gasteiger partial charge is 0.353 e. The van der Waals surface area contributed by atoms with Gasteiger partial charge in [-0.3, -0.25) is 5.32 Å². The van der Waals surface area contributed by atoms with Crippen LogP contribution in [0.3, 0.4) is 0 Å². The summed E-state index contributed by atoms with van der Waals surface area (Å²) in [5.41, 5.74) is 3.44. The predicted molar refractivity (Wildman–Crippen MR) is 116 cm³/mol. The molecule has 2 heterocycles. The van der Waals surface area contributed by atoms with Gasteiger partial charge in [-0.25, -0.2) is 4.39 Å². The Kier molecular flexibility index (Phi) is 5.92. The molecule has 0 aromatic heterocycles. The minimum Gasteiger partial charge on any atom is -0.353 e. The van der Waals surface area contributed by atoms with Crippen molar-refractivity contribution >= 4 is 0 Å². The van der Waals surface area contributed by atoms with Crippen LogP contribution in [0.2, 0.25) is 0 Å². The van der Waals surface area contributed by atoms with Crippen LogP contribution in [0.15, 0.2) is 46.7 Å². The van der Waals surface area contributed by atoms with Crippen molar-refractivity contribution in [1.82, 2.24) is 10.2 Å². The number of halogens is 1. The first kappa shape index (κ1) is 20.9. The second-order valence-electron chi connectivity index (χ2n) is 8.93. The summed E-state index contributed by atoms with van der Waals surface area (Å²) >= 11 is 0. The number of terminal acetylenes is 1. The number of alkyl halides is 1. The second kappa shape index (κ2) is 7.91. The smallest absolute Gasteiger partial charge is 0.228 e. The van der Waals surface area contributed by atoms with E-state index in [2.05, 4.69) is 49.1 Å². The Balaban J connectivity index is 1.75. The van der Waals surface area contributed by atoms with Crippen LogP contribution >= 0.6 is 0 Å². The Morgan fingerprint density at radius 2 is 2.18 bits per heavy atom. The highest BCUT2D eigenvalue weighted by molar-refractivity contribution is 5.47. The van der Waals surface area contributed by atoms with E-state index in [0.717, 1.165) is 53.6 Å². The van der Waals surface area contributed by atoms with Crippen molar-refractivity contribution in [2.24, 2.45) is 11.8 Å². The van der Waals surface area contributed by atoms with Crippen molar-refractivity contribution in [3.8, 4) is 12.3 Å². The van der Waals surface area contributed by atoms with E-state index in [-0.39, 0.29) is 0 Å². The minimum absolute atomic E-state index is 0.432. The van der Waals surface area contributed by atoms with Gasteiger partial charge < -0.3 is 4.90 Å². The summed E-state index contributed by atoms with van der Waals surface area (Å²) in [7, 11) is 0. The third kappa shape index (κ3) is 3.26. The first-order valence-corrected chi connectivity index (χ1v) is 10.7. The van der Waals surface area contributed by atoms with Crippen molar-refractivity contribution in [3.05, 3.63) is 46.7 Å². The van der Waals surface area contributed by atoms with Gasteiger partial charge in [0.15, 0.2) is 0 Å². The molecule has 3 rings (SSSR count). The molecule has 3 aliphatic rings. The van der Waals surface area contributed by atoms with Gasteiger partial charge >= 0.3 is 0 Å². The summed E-state index contributed by atoms with van der Waals surface area (Å²) in [4.78, 5) is 2.17. The molecule has 4 atom stereocenters. The van der Waals surface area contributed by atoms with Crippen molar-refractivity contribution in [1.29, 1.82) is 0 Å². The summed E-state index contributed by atoms with van der Waals surface area (Å²) in [6, 6.07) is 0. The summed E-state index contributed by atoms with van der Waals surface area (Å²) in [6.45, 7) is 11.7. The molecule has 2 fully saturated rings. The van der Waals surface area contributed by atoms with Gasteiger partial charge in [0.05, 0.1) is 5.70 Å². The first-order valence-electron chi connectivity index (χ1n) is 10.7. The molecule has 1 saturated heterocycles. The van der Waals surface area contributed by atoms with Gasteiger partial charge in [-0.2, -0.15) is 0 Å². The van der Waals surface area contributed by atoms with Crippen molar-refractivity contribution in [2.45, 2.75) is 71.6 Å². The summed E-state index contributed by atoms with van der Waals surface area (Å²) in [6.07, 6.45) is 18.3. The summed E-state index contributed by atoms with van der Waals surface area (Å²) < 4.78 is 16.3. The van der Waals surface area contributed by atoms with Crippen LogP contribution in [0.1, 0.15) is 60.3 Å². The summed E-state index contributed by atoms with van der Waals surface area (Å²) in [5.74, 6) is 2.69. The zero-order chi connectivity index (χ0) is 20.5. The molecule has 0 spiro atoms. The number of nitrogens with one attached hydrogen (secondary N) is 1. The molecule has 0 amide bonds. The fraction of sp³-hybridized carbons (Fsp3) is 0.600. The lowest BCUT2D eigenvalue weighted by Gasteiger charge is -2.60. The number of hydrogen-bond donors (Lipinski definition) is 1. The Morgan fingerprint density at radius 3 is 2.75 bits per heavy atom. The van der Waals surface area contributed by atoms with E-state index in [1.165, 1.54) is 12.8 Å². The molecule has 152 valence electrons. The zero-order valence-electron chi connectivity index (χ0n) is 18.1. The van der Waals surface area contributed by atoms with Crippen LogP contribution in [-0.4, -0.2) is 29.3 Å². The molecular formula is C25H35FN2. The zero-order valence-corrected chi connectivity index (χ0v) is 18.1. The van der Waals surface area contributed by atoms with E-state index >= 15 is 4.39 Å². The maximum Gasteiger partial charge on any atom is 0.228 e. The van der Waals surface area contributed by atoms with Crippen LogP contribution in [-0.2, 0) is 0 Å².